The lowest BCUT2D eigenvalue weighted by Gasteiger charge is -2.11. The molecular formula is C22H19Cl2N3O. The largest absolute Gasteiger partial charge is 0.350 e. The number of unbranched alkanes of at least 4 members (excludes halogenated alkanes) is 1. The monoisotopic (exact) mass is 411 g/mol. The SMILES string of the molecule is CCCCn1nc2c(-c3ccc(Cl)cc3)c(-c3ccc(Cl)cc3)ccn2c1=O. The van der Waals surface area contributed by atoms with Crippen LogP contribution in [0.4, 0.5) is 0 Å². The van der Waals surface area contributed by atoms with Gasteiger partial charge in [-0.15, -0.1) is 5.10 Å². The Morgan fingerprint density at radius 2 is 1.50 bits per heavy atom. The molecule has 2 aromatic carbocycles. The van der Waals surface area contributed by atoms with E-state index in [-0.39, 0.29) is 5.69 Å². The molecule has 2 heterocycles. The molecule has 0 saturated carbocycles. The predicted molar refractivity (Wildman–Crippen MR) is 115 cm³/mol. The molecule has 4 aromatic rings. The minimum Gasteiger partial charge on any atom is -0.250 e. The molecule has 4 rings (SSSR count). The first kappa shape index (κ1) is 18.8. The number of benzene rings is 2. The number of halogens is 2. The van der Waals surface area contributed by atoms with E-state index in [0.29, 0.717) is 22.2 Å². The van der Waals surface area contributed by atoms with Crippen LogP contribution >= 0.6 is 23.2 Å². The van der Waals surface area contributed by atoms with Crippen LogP contribution in [0.2, 0.25) is 10.0 Å². The predicted octanol–water partition coefficient (Wildman–Crippen LogP) is 5.94. The number of aryl methyl sites for hydroxylation is 1. The second-order valence-electron chi connectivity index (χ2n) is 6.67. The van der Waals surface area contributed by atoms with Gasteiger partial charge in [-0.2, -0.15) is 0 Å². The molecule has 142 valence electrons. The quantitative estimate of drug-likeness (QED) is 0.407. The van der Waals surface area contributed by atoms with Crippen molar-refractivity contribution in [3.8, 4) is 22.3 Å². The lowest BCUT2D eigenvalue weighted by Crippen LogP contribution is -2.21. The van der Waals surface area contributed by atoms with E-state index in [0.717, 1.165) is 35.1 Å². The van der Waals surface area contributed by atoms with Gasteiger partial charge >= 0.3 is 5.69 Å². The fourth-order valence-corrected chi connectivity index (χ4v) is 3.55. The third-order valence-corrected chi connectivity index (χ3v) is 5.27. The van der Waals surface area contributed by atoms with Gasteiger partial charge in [0, 0.05) is 28.4 Å². The molecule has 0 aliphatic carbocycles. The number of nitrogens with zero attached hydrogens (tertiary/aromatic N) is 3. The van der Waals surface area contributed by atoms with Gasteiger partial charge in [0.2, 0.25) is 0 Å². The smallest absolute Gasteiger partial charge is 0.250 e. The summed E-state index contributed by atoms with van der Waals surface area (Å²) >= 11 is 12.2. The molecule has 0 spiro atoms. The Hall–Kier alpha value is -2.56. The summed E-state index contributed by atoms with van der Waals surface area (Å²) in [6.45, 7) is 2.70. The highest BCUT2D eigenvalue weighted by atomic mass is 35.5. The van der Waals surface area contributed by atoms with Crippen LogP contribution in [0.15, 0.2) is 65.6 Å². The highest BCUT2D eigenvalue weighted by molar-refractivity contribution is 6.31. The number of aromatic nitrogens is 3. The zero-order valence-electron chi connectivity index (χ0n) is 15.4. The zero-order valence-corrected chi connectivity index (χ0v) is 16.9. The lowest BCUT2D eigenvalue weighted by molar-refractivity contribution is 0.554. The van der Waals surface area contributed by atoms with Crippen LogP contribution in [0.25, 0.3) is 27.9 Å². The third-order valence-electron chi connectivity index (χ3n) is 4.77. The van der Waals surface area contributed by atoms with Crippen molar-refractivity contribution in [2.75, 3.05) is 0 Å². The van der Waals surface area contributed by atoms with Gasteiger partial charge in [-0.3, -0.25) is 0 Å². The summed E-state index contributed by atoms with van der Waals surface area (Å²) in [5.41, 5.74) is 4.35. The normalized spacial score (nSPS) is 11.2. The molecule has 4 nitrogen and oxygen atoms in total. The second-order valence-corrected chi connectivity index (χ2v) is 7.54. The van der Waals surface area contributed by atoms with Crippen LogP contribution in [0.5, 0.6) is 0 Å². The summed E-state index contributed by atoms with van der Waals surface area (Å²) in [6, 6.07) is 17.2. The van der Waals surface area contributed by atoms with Crippen LogP contribution in [0, 0.1) is 0 Å². The molecular weight excluding hydrogens is 393 g/mol. The van der Waals surface area contributed by atoms with Crippen molar-refractivity contribution in [3.63, 3.8) is 0 Å². The highest BCUT2D eigenvalue weighted by Gasteiger charge is 2.17. The Labute approximate surface area is 173 Å². The van der Waals surface area contributed by atoms with Gasteiger partial charge in [0.15, 0.2) is 5.65 Å². The summed E-state index contributed by atoms with van der Waals surface area (Å²) in [4.78, 5) is 12.8. The number of hydrogen-bond acceptors (Lipinski definition) is 2. The summed E-state index contributed by atoms with van der Waals surface area (Å²) in [7, 11) is 0. The average Bonchev–Trinajstić information content (AvgIpc) is 3.03. The van der Waals surface area contributed by atoms with E-state index in [1.165, 1.54) is 0 Å². The molecule has 0 unspecified atom stereocenters. The van der Waals surface area contributed by atoms with Crippen molar-refractivity contribution in [1.82, 2.24) is 14.2 Å². The molecule has 0 N–H and O–H groups in total. The van der Waals surface area contributed by atoms with Crippen LogP contribution < -0.4 is 5.69 Å². The fraction of sp³-hybridized carbons (Fsp3) is 0.182. The van der Waals surface area contributed by atoms with Crippen molar-refractivity contribution in [1.29, 1.82) is 0 Å². The fourth-order valence-electron chi connectivity index (χ4n) is 3.30. The molecule has 2 aromatic heterocycles. The molecule has 0 aliphatic heterocycles. The minimum atomic E-state index is -0.124. The number of pyridine rings is 1. The summed E-state index contributed by atoms with van der Waals surface area (Å²) in [5.74, 6) is 0. The van der Waals surface area contributed by atoms with Gasteiger partial charge < -0.3 is 0 Å². The van der Waals surface area contributed by atoms with E-state index in [9.17, 15) is 4.79 Å². The topological polar surface area (TPSA) is 39.3 Å². The van der Waals surface area contributed by atoms with Crippen molar-refractivity contribution in [2.24, 2.45) is 0 Å². The minimum absolute atomic E-state index is 0.124. The molecule has 0 saturated heterocycles. The maximum Gasteiger partial charge on any atom is 0.350 e. The summed E-state index contributed by atoms with van der Waals surface area (Å²) in [5, 5.41) is 6.00. The standard InChI is InChI=1S/C22H19Cl2N3O/c1-2-3-13-27-22(28)26-14-12-19(15-4-8-17(23)9-5-15)20(21(26)25-27)16-6-10-18(24)11-7-16/h4-12,14H,2-3,13H2,1H3. The zero-order chi connectivity index (χ0) is 19.7. The number of hydrogen-bond donors (Lipinski definition) is 0. The van der Waals surface area contributed by atoms with E-state index in [1.807, 2.05) is 54.6 Å². The van der Waals surface area contributed by atoms with Crippen molar-refractivity contribution in [3.05, 3.63) is 81.3 Å². The molecule has 0 fully saturated rings. The van der Waals surface area contributed by atoms with Crippen LogP contribution in [0.3, 0.4) is 0 Å². The summed E-state index contributed by atoms with van der Waals surface area (Å²) < 4.78 is 3.16. The second kappa shape index (κ2) is 7.82. The Morgan fingerprint density at radius 3 is 2.11 bits per heavy atom. The van der Waals surface area contributed by atoms with E-state index < -0.39 is 0 Å². The maximum absolute atomic E-state index is 12.8. The van der Waals surface area contributed by atoms with Gasteiger partial charge in [0.1, 0.15) is 0 Å². The third kappa shape index (κ3) is 3.46. The van der Waals surface area contributed by atoms with E-state index >= 15 is 0 Å². The van der Waals surface area contributed by atoms with Gasteiger partial charge in [0.05, 0.1) is 0 Å². The Balaban J connectivity index is 2.00. The van der Waals surface area contributed by atoms with Gasteiger partial charge in [0.25, 0.3) is 0 Å². The van der Waals surface area contributed by atoms with Crippen LogP contribution in [-0.4, -0.2) is 14.2 Å². The maximum atomic E-state index is 12.8. The van der Waals surface area contributed by atoms with Crippen LogP contribution in [-0.2, 0) is 6.54 Å². The molecule has 0 aliphatic rings. The Bertz CT molecular complexity index is 1180. The van der Waals surface area contributed by atoms with Crippen molar-refractivity contribution in [2.45, 2.75) is 26.3 Å². The average molecular weight is 412 g/mol. The molecule has 0 amide bonds. The van der Waals surface area contributed by atoms with Crippen molar-refractivity contribution >= 4 is 28.8 Å². The van der Waals surface area contributed by atoms with E-state index in [1.54, 1.807) is 15.3 Å². The lowest BCUT2D eigenvalue weighted by atomic mass is 9.96. The van der Waals surface area contributed by atoms with Gasteiger partial charge in [-0.05, 0) is 53.4 Å². The number of rotatable bonds is 5. The first-order chi connectivity index (χ1) is 13.6. The van der Waals surface area contributed by atoms with E-state index in [2.05, 4.69) is 12.0 Å². The first-order valence-corrected chi connectivity index (χ1v) is 9.98. The van der Waals surface area contributed by atoms with E-state index in [4.69, 9.17) is 23.2 Å². The Kier molecular flexibility index (Phi) is 5.25. The Morgan fingerprint density at radius 1 is 0.893 bits per heavy atom. The van der Waals surface area contributed by atoms with Gasteiger partial charge in [-0.1, -0.05) is 60.8 Å². The molecule has 6 heteroatoms. The van der Waals surface area contributed by atoms with Crippen molar-refractivity contribution < 1.29 is 0 Å². The summed E-state index contributed by atoms with van der Waals surface area (Å²) in [6.07, 6.45) is 3.70. The molecule has 28 heavy (non-hydrogen) atoms. The first-order valence-electron chi connectivity index (χ1n) is 9.22. The number of fused-ring (bicyclic) bond motifs is 1. The molecule has 0 bridgehead atoms. The van der Waals surface area contributed by atoms with Crippen LogP contribution in [0.1, 0.15) is 19.8 Å². The molecule has 0 atom stereocenters. The van der Waals surface area contributed by atoms with Gasteiger partial charge in [-0.25, -0.2) is 13.9 Å². The highest BCUT2D eigenvalue weighted by Crippen LogP contribution is 2.35. The molecule has 0 radical (unpaired) electrons.